The fraction of sp³-hybridized carbons (Fsp3) is 0.529. The van der Waals surface area contributed by atoms with Crippen molar-refractivity contribution in [1.29, 1.82) is 0 Å². The first-order valence-corrected chi connectivity index (χ1v) is 9.24. The first kappa shape index (κ1) is 21.7. The molecule has 8 heteroatoms. The highest BCUT2D eigenvalue weighted by Crippen LogP contribution is 2.13. The van der Waals surface area contributed by atoms with Crippen LogP contribution in [0.15, 0.2) is 24.3 Å². The number of aliphatic carboxylic acids is 2. The molecule has 0 spiro atoms. The molecule has 1 aliphatic heterocycles. The molecule has 1 aromatic rings. The Bertz CT molecular complexity index is 504. The van der Waals surface area contributed by atoms with Crippen molar-refractivity contribution >= 4 is 34.5 Å². The van der Waals surface area contributed by atoms with Crippen molar-refractivity contribution in [3.05, 3.63) is 27.8 Å². The third-order valence-electron chi connectivity index (χ3n) is 3.41. The Morgan fingerprint density at radius 2 is 1.88 bits per heavy atom. The molecule has 1 fully saturated rings. The van der Waals surface area contributed by atoms with E-state index in [0.29, 0.717) is 6.10 Å². The average molecular weight is 465 g/mol. The number of benzene rings is 1. The first-order valence-electron chi connectivity index (χ1n) is 8.16. The van der Waals surface area contributed by atoms with Crippen molar-refractivity contribution in [3.8, 4) is 5.75 Å². The summed E-state index contributed by atoms with van der Waals surface area (Å²) in [6.45, 7) is 3.78. The lowest BCUT2D eigenvalue weighted by atomic mass is 10.2. The van der Waals surface area contributed by atoms with Gasteiger partial charge in [0.2, 0.25) is 0 Å². The summed E-state index contributed by atoms with van der Waals surface area (Å²) < 4.78 is 12.5. The molecule has 25 heavy (non-hydrogen) atoms. The number of hydrogen-bond donors (Lipinski definition) is 3. The summed E-state index contributed by atoms with van der Waals surface area (Å²) >= 11 is 2.30. The molecule has 1 atom stereocenters. The van der Waals surface area contributed by atoms with E-state index in [1.54, 1.807) is 0 Å². The average Bonchev–Trinajstić information content (AvgIpc) is 3.09. The van der Waals surface area contributed by atoms with Gasteiger partial charge in [0.15, 0.2) is 0 Å². The summed E-state index contributed by atoms with van der Waals surface area (Å²) in [4.78, 5) is 18.2. The Morgan fingerprint density at radius 1 is 1.20 bits per heavy atom. The van der Waals surface area contributed by atoms with E-state index in [4.69, 9.17) is 29.3 Å². The molecule has 0 saturated carbocycles. The molecule has 0 aliphatic carbocycles. The van der Waals surface area contributed by atoms with Crippen molar-refractivity contribution in [1.82, 2.24) is 5.32 Å². The van der Waals surface area contributed by atoms with Gasteiger partial charge in [-0.1, -0.05) is 0 Å². The van der Waals surface area contributed by atoms with Crippen LogP contribution in [0.1, 0.15) is 25.7 Å². The molecule has 7 nitrogen and oxygen atoms in total. The second-order valence-electron chi connectivity index (χ2n) is 5.46. The molecule has 1 saturated heterocycles. The predicted molar refractivity (Wildman–Crippen MR) is 101 cm³/mol. The number of hydrogen-bond acceptors (Lipinski definition) is 5. The maximum absolute atomic E-state index is 9.10. The second-order valence-corrected chi connectivity index (χ2v) is 6.70. The topological polar surface area (TPSA) is 105 Å². The van der Waals surface area contributed by atoms with Gasteiger partial charge in [-0.2, -0.15) is 0 Å². The molecule has 0 amide bonds. The van der Waals surface area contributed by atoms with E-state index in [1.807, 2.05) is 12.1 Å². The van der Waals surface area contributed by atoms with Crippen LogP contribution in [0.5, 0.6) is 5.75 Å². The fourth-order valence-electron chi connectivity index (χ4n) is 2.14. The quantitative estimate of drug-likeness (QED) is 0.308. The van der Waals surface area contributed by atoms with Crippen molar-refractivity contribution in [3.63, 3.8) is 0 Å². The van der Waals surface area contributed by atoms with E-state index < -0.39 is 11.9 Å². The van der Waals surface area contributed by atoms with Crippen molar-refractivity contribution in [2.45, 2.75) is 31.8 Å². The summed E-state index contributed by atoms with van der Waals surface area (Å²) in [5.74, 6) is -2.68. The molecule has 1 unspecified atom stereocenters. The highest BCUT2D eigenvalue weighted by molar-refractivity contribution is 14.1. The number of halogens is 1. The number of rotatable bonds is 8. The molecule has 3 N–H and O–H groups in total. The fourth-order valence-corrected chi connectivity index (χ4v) is 2.50. The van der Waals surface area contributed by atoms with Gasteiger partial charge < -0.3 is 25.0 Å². The minimum absolute atomic E-state index is 0.447. The lowest BCUT2D eigenvalue weighted by Crippen LogP contribution is -2.27. The summed E-state index contributed by atoms with van der Waals surface area (Å²) in [5, 5.41) is 18.2. The summed E-state index contributed by atoms with van der Waals surface area (Å²) in [6.07, 6.45) is 5.11. The molecule has 0 aromatic heterocycles. The van der Waals surface area contributed by atoms with Crippen LogP contribution in [0, 0.1) is 3.57 Å². The minimum atomic E-state index is -1.82. The standard InChI is InChI=1S/C15H22INO2.C2H2O4/c16-13-5-7-14(8-6-13)18-10-2-1-9-17-12-15-4-3-11-19-15;3-1(4)2(5)6/h5-8,15,17H,1-4,9-12H2;(H,3,4)(H,5,6). The maximum atomic E-state index is 9.10. The largest absolute Gasteiger partial charge is 0.494 e. The zero-order valence-electron chi connectivity index (χ0n) is 13.9. The van der Waals surface area contributed by atoms with Gasteiger partial charge in [0.05, 0.1) is 12.7 Å². The van der Waals surface area contributed by atoms with Gasteiger partial charge in [-0.15, -0.1) is 0 Å². The second kappa shape index (κ2) is 12.9. The third-order valence-corrected chi connectivity index (χ3v) is 4.13. The van der Waals surface area contributed by atoms with Gasteiger partial charge in [-0.05, 0) is 79.1 Å². The van der Waals surface area contributed by atoms with Gasteiger partial charge in [0.25, 0.3) is 0 Å². The van der Waals surface area contributed by atoms with Crippen LogP contribution in [-0.4, -0.2) is 54.6 Å². The Balaban J connectivity index is 0.000000450. The predicted octanol–water partition coefficient (Wildman–Crippen LogP) is 2.37. The van der Waals surface area contributed by atoms with Gasteiger partial charge in [-0.25, -0.2) is 9.59 Å². The van der Waals surface area contributed by atoms with Crippen LogP contribution in [0.2, 0.25) is 0 Å². The normalized spacial score (nSPS) is 16.0. The van der Waals surface area contributed by atoms with E-state index in [0.717, 1.165) is 44.9 Å². The molecule has 2 rings (SSSR count). The Kier molecular flexibility index (Phi) is 11.2. The Labute approximate surface area is 160 Å². The van der Waals surface area contributed by atoms with Crippen LogP contribution in [-0.2, 0) is 14.3 Å². The molecule has 1 aromatic carbocycles. The maximum Gasteiger partial charge on any atom is 0.414 e. The summed E-state index contributed by atoms with van der Waals surface area (Å²) in [5.41, 5.74) is 0. The SMILES string of the molecule is Ic1ccc(OCCCCNCC2CCCO2)cc1.O=C(O)C(=O)O. The zero-order chi connectivity index (χ0) is 18.5. The van der Waals surface area contributed by atoms with Crippen molar-refractivity contribution in [2.75, 3.05) is 26.3 Å². The Hall–Kier alpha value is -1.39. The number of carboxylic acid groups (broad SMARTS) is 2. The van der Waals surface area contributed by atoms with E-state index >= 15 is 0 Å². The summed E-state index contributed by atoms with van der Waals surface area (Å²) in [7, 11) is 0. The smallest absolute Gasteiger partial charge is 0.414 e. The van der Waals surface area contributed by atoms with Crippen LogP contribution in [0.25, 0.3) is 0 Å². The molecule has 0 bridgehead atoms. The monoisotopic (exact) mass is 465 g/mol. The van der Waals surface area contributed by atoms with Crippen LogP contribution in [0.3, 0.4) is 0 Å². The van der Waals surface area contributed by atoms with E-state index in [1.165, 1.54) is 16.4 Å². The van der Waals surface area contributed by atoms with Crippen molar-refractivity contribution < 1.29 is 29.3 Å². The molecule has 0 radical (unpaired) electrons. The highest BCUT2D eigenvalue weighted by atomic mass is 127. The number of unbranched alkanes of at least 4 members (excludes halogenated alkanes) is 1. The van der Waals surface area contributed by atoms with Crippen LogP contribution < -0.4 is 10.1 Å². The lowest BCUT2D eigenvalue weighted by Gasteiger charge is -2.10. The van der Waals surface area contributed by atoms with Gasteiger partial charge >= 0.3 is 11.9 Å². The highest BCUT2D eigenvalue weighted by Gasteiger charge is 2.13. The van der Waals surface area contributed by atoms with Gasteiger partial charge in [-0.3, -0.25) is 0 Å². The van der Waals surface area contributed by atoms with E-state index in [-0.39, 0.29) is 0 Å². The molecule has 1 heterocycles. The van der Waals surface area contributed by atoms with E-state index in [2.05, 4.69) is 40.0 Å². The zero-order valence-corrected chi connectivity index (χ0v) is 16.1. The van der Waals surface area contributed by atoms with Crippen LogP contribution >= 0.6 is 22.6 Å². The number of carboxylic acids is 2. The first-order chi connectivity index (χ1) is 12.0. The molecule has 1 aliphatic rings. The third kappa shape index (κ3) is 11.0. The van der Waals surface area contributed by atoms with Crippen LogP contribution in [0.4, 0.5) is 0 Å². The molecular formula is C17H24INO6. The minimum Gasteiger partial charge on any atom is -0.494 e. The van der Waals surface area contributed by atoms with E-state index in [9.17, 15) is 0 Å². The molecular weight excluding hydrogens is 441 g/mol. The number of nitrogens with one attached hydrogen (secondary N) is 1. The number of carbonyl (C=O) groups is 2. The van der Waals surface area contributed by atoms with Gasteiger partial charge in [0, 0.05) is 16.7 Å². The lowest BCUT2D eigenvalue weighted by molar-refractivity contribution is -0.159. The van der Waals surface area contributed by atoms with Gasteiger partial charge in [0.1, 0.15) is 5.75 Å². The summed E-state index contributed by atoms with van der Waals surface area (Å²) in [6, 6.07) is 8.19. The number of ether oxygens (including phenoxy) is 2. The Morgan fingerprint density at radius 3 is 2.44 bits per heavy atom. The van der Waals surface area contributed by atoms with Crippen molar-refractivity contribution in [2.24, 2.45) is 0 Å². The molecule has 140 valence electrons.